The first-order valence-electron chi connectivity index (χ1n) is 9.31. The maximum Gasteiger partial charge on any atom is 0.530 e. The smallest absolute Gasteiger partial charge is 0.457 e. The van der Waals surface area contributed by atoms with E-state index in [-0.39, 0.29) is 18.0 Å². The standard InChI is InChI=1S/C21H17ClNO7P/c22-16-3-9-19(10-4-16)28-18-7-1-15(2-8-18)21-13-14-27-31(26,30-21)29-20-11-5-17(6-12-20)23(24)25/h1-12,21H,13-14H2. The van der Waals surface area contributed by atoms with Gasteiger partial charge >= 0.3 is 7.82 Å². The Morgan fingerprint density at radius 1 is 0.935 bits per heavy atom. The molecule has 3 aromatic rings. The highest BCUT2D eigenvalue weighted by molar-refractivity contribution is 7.49. The highest BCUT2D eigenvalue weighted by atomic mass is 35.5. The van der Waals surface area contributed by atoms with E-state index < -0.39 is 18.8 Å². The van der Waals surface area contributed by atoms with E-state index in [0.29, 0.717) is 22.9 Å². The van der Waals surface area contributed by atoms with Gasteiger partial charge in [0.2, 0.25) is 0 Å². The molecule has 160 valence electrons. The van der Waals surface area contributed by atoms with Crippen LogP contribution in [0.4, 0.5) is 5.69 Å². The van der Waals surface area contributed by atoms with Crippen LogP contribution in [0.1, 0.15) is 18.1 Å². The summed E-state index contributed by atoms with van der Waals surface area (Å²) in [6, 6.07) is 19.4. The van der Waals surface area contributed by atoms with Crippen molar-refractivity contribution in [3.63, 3.8) is 0 Å². The zero-order chi connectivity index (χ0) is 21.8. The summed E-state index contributed by atoms with van der Waals surface area (Å²) < 4.78 is 35.0. The average molecular weight is 462 g/mol. The average Bonchev–Trinajstić information content (AvgIpc) is 2.76. The van der Waals surface area contributed by atoms with Crippen molar-refractivity contribution >= 4 is 25.1 Å². The summed E-state index contributed by atoms with van der Waals surface area (Å²) in [5, 5.41) is 11.4. The van der Waals surface area contributed by atoms with Crippen LogP contribution >= 0.6 is 19.4 Å². The molecule has 0 radical (unpaired) electrons. The van der Waals surface area contributed by atoms with Crippen molar-refractivity contribution in [2.75, 3.05) is 6.61 Å². The molecule has 8 nitrogen and oxygen atoms in total. The first-order valence-corrected chi connectivity index (χ1v) is 11.1. The van der Waals surface area contributed by atoms with Crippen LogP contribution in [0.5, 0.6) is 17.2 Å². The van der Waals surface area contributed by atoms with E-state index >= 15 is 0 Å². The van der Waals surface area contributed by atoms with Crippen molar-refractivity contribution in [2.24, 2.45) is 0 Å². The van der Waals surface area contributed by atoms with Gasteiger partial charge in [0.25, 0.3) is 5.69 Å². The second-order valence-corrected chi connectivity index (χ2v) is 8.61. The molecule has 4 rings (SSSR count). The summed E-state index contributed by atoms with van der Waals surface area (Å²) in [4.78, 5) is 10.2. The number of nitrogens with zero attached hydrogens (tertiary/aromatic N) is 1. The van der Waals surface area contributed by atoms with Crippen molar-refractivity contribution in [1.29, 1.82) is 0 Å². The molecule has 0 spiro atoms. The molecule has 0 saturated carbocycles. The van der Waals surface area contributed by atoms with Gasteiger partial charge in [-0.25, -0.2) is 4.57 Å². The lowest BCUT2D eigenvalue weighted by molar-refractivity contribution is -0.384. The van der Waals surface area contributed by atoms with E-state index in [1.54, 1.807) is 36.4 Å². The Labute approximate surface area is 183 Å². The minimum Gasteiger partial charge on any atom is -0.457 e. The van der Waals surface area contributed by atoms with Crippen molar-refractivity contribution in [1.82, 2.24) is 0 Å². The van der Waals surface area contributed by atoms with E-state index in [9.17, 15) is 14.7 Å². The van der Waals surface area contributed by atoms with E-state index in [2.05, 4.69) is 0 Å². The number of hydrogen-bond donors (Lipinski definition) is 0. The van der Waals surface area contributed by atoms with Gasteiger partial charge in [-0.05, 0) is 54.1 Å². The quantitative estimate of drug-likeness (QED) is 0.228. The molecule has 0 aliphatic carbocycles. The highest BCUT2D eigenvalue weighted by Gasteiger charge is 2.37. The molecule has 0 bridgehead atoms. The molecule has 1 aliphatic rings. The first kappa shape index (κ1) is 21.3. The largest absolute Gasteiger partial charge is 0.530 e. The molecular formula is C21H17ClNO7P. The molecule has 10 heteroatoms. The molecule has 0 amide bonds. The summed E-state index contributed by atoms with van der Waals surface area (Å²) in [6.45, 7) is 0.179. The van der Waals surface area contributed by atoms with Crippen LogP contribution in [0, 0.1) is 10.1 Å². The lowest BCUT2D eigenvalue weighted by atomic mass is 10.1. The summed E-state index contributed by atoms with van der Waals surface area (Å²) in [6.07, 6.45) is -0.00688. The molecule has 0 N–H and O–H groups in total. The summed E-state index contributed by atoms with van der Waals surface area (Å²) >= 11 is 5.88. The van der Waals surface area contributed by atoms with Gasteiger partial charge in [0.05, 0.1) is 17.6 Å². The van der Waals surface area contributed by atoms with Gasteiger partial charge in [-0.3, -0.25) is 19.2 Å². The van der Waals surface area contributed by atoms with E-state index in [4.69, 9.17) is 29.9 Å². The van der Waals surface area contributed by atoms with Crippen LogP contribution in [0.25, 0.3) is 0 Å². The molecule has 2 unspecified atom stereocenters. The van der Waals surface area contributed by atoms with Crippen molar-refractivity contribution in [3.8, 4) is 17.2 Å². The lowest BCUT2D eigenvalue weighted by Gasteiger charge is -2.29. The van der Waals surface area contributed by atoms with Crippen LogP contribution in [0.15, 0.2) is 72.8 Å². The monoisotopic (exact) mass is 461 g/mol. The van der Waals surface area contributed by atoms with Crippen molar-refractivity contribution < 1.29 is 27.8 Å². The van der Waals surface area contributed by atoms with Crippen LogP contribution in [0.2, 0.25) is 5.02 Å². The highest BCUT2D eigenvalue weighted by Crippen LogP contribution is 2.56. The molecule has 0 aromatic heterocycles. The SMILES string of the molecule is O=[N+]([O-])c1ccc(OP2(=O)OCCC(c3ccc(Oc4ccc(Cl)cc4)cc3)O2)cc1. The third-order valence-corrected chi connectivity index (χ3v) is 6.15. The summed E-state index contributed by atoms with van der Waals surface area (Å²) in [5.74, 6) is 1.44. The number of halogens is 1. The summed E-state index contributed by atoms with van der Waals surface area (Å²) in [5.41, 5.74) is 0.689. The number of phosphoric ester groups is 1. The Hall–Kier alpha value is -2.90. The third kappa shape index (κ3) is 5.42. The fourth-order valence-corrected chi connectivity index (χ4v) is 4.46. The fourth-order valence-electron chi connectivity index (χ4n) is 2.93. The number of ether oxygens (including phenoxy) is 1. The third-order valence-electron chi connectivity index (χ3n) is 4.45. The van der Waals surface area contributed by atoms with Gasteiger partial charge in [0.15, 0.2) is 0 Å². The van der Waals surface area contributed by atoms with Crippen LogP contribution in [0.3, 0.4) is 0 Å². The Morgan fingerprint density at radius 3 is 2.13 bits per heavy atom. The molecule has 1 heterocycles. The normalized spacial score (nSPS) is 20.7. The topological polar surface area (TPSA) is 97.1 Å². The first-order chi connectivity index (χ1) is 14.9. The zero-order valence-electron chi connectivity index (χ0n) is 16.0. The Bertz CT molecular complexity index is 1100. The minimum atomic E-state index is -3.88. The second-order valence-electron chi connectivity index (χ2n) is 6.63. The predicted molar refractivity (Wildman–Crippen MR) is 114 cm³/mol. The van der Waals surface area contributed by atoms with Gasteiger partial charge in [-0.1, -0.05) is 23.7 Å². The van der Waals surface area contributed by atoms with Crippen LogP contribution < -0.4 is 9.26 Å². The van der Waals surface area contributed by atoms with Crippen LogP contribution in [-0.4, -0.2) is 11.5 Å². The zero-order valence-corrected chi connectivity index (χ0v) is 17.7. The number of rotatable bonds is 6. The van der Waals surface area contributed by atoms with Gasteiger partial charge in [0.1, 0.15) is 17.2 Å². The number of hydrogen-bond acceptors (Lipinski definition) is 7. The number of nitro benzene ring substituents is 1. The van der Waals surface area contributed by atoms with Gasteiger partial charge in [-0.15, -0.1) is 0 Å². The van der Waals surface area contributed by atoms with Gasteiger partial charge < -0.3 is 9.26 Å². The molecule has 2 atom stereocenters. The Kier molecular flexibility index (Phi) is 6.25. The Balaban J connectivity index is 1.42. The number of non-ortho nitro benzene ring substituents is 1. The summed E-state index contributed by atoms with van der Waals surface area (Å²) in [7, 11) is -3.88. The predicted octanol–water partition coefficient (Wildman–Crippen LogP) is 6.71. The van der Waals surface area contributed by atoms with Gasteiger partial charge in [0, 0.05) is 23.6 Å². The molecule has 1 fully saturated rings. The Morgan fingerprint density at radius 2 is 1.52 bits per heavy atom. The van der Waals surface area contributed by atoms with Gasteiger partial charge in [-0.2, -0.15) is 0 Å². The second kappa shape index (κ2) is 9.08. The van der Waals surface area contributed by atoms with E-state index in [0.717, 1.165) is 5.56 Å². The number of nitro groups is 1. The lowest BCUT2D eigenvalue weighted by Crippen LogP contribution is -2.16. The molecule has 3 aromatic carbocycles. The number of benzene rings is 3. The van der Waals surface area contributed by atoms with E-state index in [1.165, 1.54) is 24.3 Å². The fraction of sp³-hybridized carbons (Fsp3) is 0.143. The van der Waals surface area contributed by atoms with Crippen molar-refractivity contribution in [3.05, 3.63) is 93.5 Å². The van der Waals surface area contributed by atoms with E-state index in [1.807, 2.05) is 12.1 Å². The number of phosphoric acid groups is 1. The molecular weight excluding hydrogens is 445 g/mol. The molecule has 1 aliphatic heterocycles. The van der Waals surface area contributed by atoms with Crippen LogP contribution in [-0.2, 0) is 13.6 Å². The minimum absolute atomic E-state index is 0.102. The maximum atomic E-state index is 12.9. The maximum absolute atomic E-state index is 12.9. The molecule has 1 saturated heterocycles. The van der Waals surface area contributed by atoms with Crippen molar-refractivity contribution in [2.45, 2.75) is 12.5 Å². The molecule has 31 heavy (non-hydrogen) atoms.